The van der Waals surface area contributed by atoms with Crippen LogP contribution in [0.5, 0.6) is 0 Å². The zero-order chi connectivity index (χ0) is 22.3. The lowest BCUT2D eigenvalue weighted by Crippen LogP contribution is -2.31. The highest BCUT2D eigenvalue weighted by Gasteiger charge is 2.45. The molecule has 158 valence electrons. The summed E-state index contributed by atoms with van der Waals surface area (Å²) in [7, 11) is 0. The largest absolute Gasteiger partial charge is 0.503 e. The third-order valence-electron chi connectivity index (χ3n) is 4.86. The molecule has 1 atom stereocenters. The molecule has 1 aromatic heterocycles. The van der Waals surface area contributed by atoms with Gasteiger partial charge in [0.15, 0.2) is 5.76 Å². The summed E-state index contributed by atoms with van der Waals surface area (Å²) in [6, 6.07) is 10.8. The van der Waals surface area contributed by atoms with Crippen molar-refractivity contribution in [2.75, 3.05) is 4.90 Å². The fraction of sp³-hybridized carbons (Fsp3) is 0.0909. The smallest absolute Gasteiger partial charge is 0.416 e. The molecule has 0 radical (unpaired) electrons. The lowest BCUT2D eigenvalue weighted by Gasteiger charge is -2.27. The van der Waals surface area contributed by atoms with Crippen molar-refractivity contribution in [3.8, 4) is 0 Å². The van der Waals surface area contributed by atoms with E-state index in [1.54, 1.807) is 11.4 Å². The van der Waals surface area contributed by atoms with Crippen molar-refractivity contribution < 1.29 is 32.3 Å². The van der Waals surface area contributed by atoms with Crippen LogP contribution in [0.25, 0.3) is 0 Å². The first kappa shape index (κ1) is 20.8. The molecule has 0 aliphatic carbocycles. The number of Topliss-reactive ketones (excluding diaryl/α,β-unsaturated/α-hetero) is 1. The van der Waals surface area contributed by atoms with Gasteiger partial charge in [0.1, 0.15) is 5.82 Å². The van der Waals surface area contributed by atoms with Gasteiger partial charge < -0.3 is 5.11 Å². The fourth-order valence-corrected chi connectivity index (χ4v) is 4.09. The Bertz CT molecular complexity index is 1170. The topological polar surface area (TPSA) is 57.6 Å². The first-order valence-electron chi connectivity index (χ1n) is 8.96. The quantitative estimate of drug-likeness (QED) is 0.413. The maximum Gasteiger partial charge on any atom is 0.416 e. The van der Waals surface area contributed by atoms with Gasteiger partial charge in [-0.3, -0.25) is 14.5 Å². The molecule has 0 bridgehead atoms. The number of aliphatic hydroxyl groups is 1. The standard InChI is InChI=1S/C22H13F4NO3S/c23-14-7-3-12(4-8-14)18-17(19(28)16-2-1-11-31-16)20(29)21(30)27(18)15-9-5-13(6-10-15)22(24,25)26/h1-11,18,29H. The highest BCUT2D eigenvalue weighted by Crippen LogP contribution is 2.43. The van der Waals surface area contributed by atoms with Crippen molar-refractivity contribution in [2.24, 2.45) is 0 Å². The van der Waals surface area contributed by atoms with Crippen molar-refractivity contribution in [1.82, 2.24) is 0 Å². The van der Waals surface area contributed by atoms with Crippen LogP contribution in [0.2, 0.25) is 0 Å². The van der Waals surface area contributed by atoms with Crippen molar-refractivity contribution in [3.63, 3.8) is 0 Å². The number of anilines is 1. The molecule has 2 heterocycles. The van der Waals surface area contributed by atoms with E-state index in [2.05, 4.69) is 0 Å². The molecule has 4 rings (SSSR count). The van der Waals surface area contributed by atoms with Gasteiger partial charge in [0.2, 0.25) is 5.78 Å². The van der Waals surface area contributed by atoms with Gasteiger partial charge in [-0.15, -0.1) is 11.3 Å². The van der Waals surface area contributed by atoms with Crippen molar-refractivity contribution in [3.05, 3.63) is 99.2 Å². The van der Waals surface area contributed by atoms with Crippen LogP contribution in [0, 0.1) is 5.82 Å². The van der Waals surface area contributed by atoms with Gasteiger partial charge in [-0.2, -0.15) is 13.2 Å². The molecule has 1 amide bonds. The predicted molar refractivity (Wildman–Crippen MR) is 106 cm³/mol. The van der Waals surface area contributed by atoms with E-state index in [4.69, 9.17) is 0 Å². The maximum atomic E-state index is 13.5. The molecule has 0 spiro atoms. The van der Waals surface area contributed by atoms with E-state index < -0.39 is 41.0 Å². The van der Waals surface area contributed by atoms with E-state index in [1.165, 1.54) is 18.2 Å². The molecule has 2 aromatic carbocycles. The van der Waals surface area contributed by atoms with Gasteiger partial charge in [-0.1, -0.05) is 18.2 Å². The highest BCUT2D eigenvalue weighted by atomic mass is 32.1. The summed E-state index contributed by atoms with van der Waals surface area (Å²) >= 11 is 1.11. The number of hydrogen-bond donors (Lipinski definition) is 1. The molecule has 1 aliphatic rings. The second-order valence-corrected chi connectivity index (χ2v) is 7.69. The molecule has 3 aromatic rings. The fourth-order valence-electron chi connectivity index (χ4n) is 3.42. The van der Waals surface area contributed by atoms with Gasteiger partial charge in [0.25, 0.3) is 5.91 Å². The van der Waals surface area contributed by atoms with Crippen molar-refractivity contribution in [2.45, 2.75) is 12.2 Å². The zero-order valence-corrected chi connectivity index (χ0v) is 16.4. The Morgan fingerprint density at radius 2 is 1.65 bits per heavy atom. The second kappa shape index (κ2) is 7.66. The summed E-state index contributed by atoms with van der Waals surface area (Å²) in [5.74, 6) is -2.88. The highest BCUT2D eigenvalue weighted by molar-refractivity contribution is 7.12. The number of alkyl halides is 3. The van der Waals surface area contributed by atoms with Crippen LogP contribution in [0.3, 0.4) is 0 Å². The number of carbonyl (C=O) groups excluding carboxylic acids is 2. The van der Waals surface area contributed by atoms with Crippen LogP contribution >= 0.6 is 11.3 Å². The number of ketones is 1. The zero-order valence-electron chi connectivity index (χ0n) is 15.6. The average Bonchev–Trinajstić information content (AvgIpc) is 3.35. The van der Waals surface area contributed by atoms with Gasteiger partial charge in [-0.05, 0) is 53.4 Å². The van der Waals surface area contributed by atoms with E-state index >= 15 is 0 Å². The Labute approximate surface area is 177 Å². The summed E-state index contributed by atoms with van der Waals surface area (Å²) < 4.78 is 52.3. The van der Waals surface area contributed by atoms with Crippen LogP contribution in [0.4, 0.5) is 23.2 Å². The van der Waals surface area contributed by atoms with E-state index in [-0.39, 0.29) is 16.1 Å². The Morgan fingerprint density at radius 1 is 1.00 bits per heavy atom. The number of rotatable bonds is 4. The second-order valence-electron chi connectivity index (χ2n) is 6.74. The third-order valence-corrected chi connectivity index (χ3v) is 5.72. The van der Waals surface area contributed by atoms with Gasteiger partial charge in [0.05, 0.1) is 22.1 Å². The Kier molecular flexibility index (Phi) is 5.14. The number of thiophene rings is 1. The normalized spacial score (nSPS) is 16.8. The van der Waals surface area contributed by atoms with Crippen LogP contribution in [-0.2, 0) is 11.0 Å². The van der Waals surface area contributed by atoms with Crippen LogP contribution in [-0.4, -0.2) is 16.8 Å². The monoisotopic (exact) mass is 447 g/mol. The molecule has 0 saturated carbocycles. The summed E-state index contributed by atoms with van der Waals surface area (Å²) in [5.41, 5.74) is -0.765. The molecule has 9 heteroatoms. The summed E-state index contributed by atoms with van der Waals surface area (Å²) in [4.78, 5) is 27.3. The Hall–Kier alpha value is -3.46. The van der Waals surface area contributed by atoms with E-state index in [0.29, 0.717) is 5.56 Å². The molecular formula is C22H13F4NO3S. The van der Waals surface area contributed by atoms with Gasteiger partial charge in [0, 0.05) is 5.69 Å². The number of halogens is 4. The molecular weight excluding hydrogens is 434 g/mol. The lowest BCUT2D eigenvalue weighted by atomic mass is 9.95. The Balaban J connectivity index is 1.84. The number of benzene rings is 2. The van der Waals surface area contributed by atoms with Crippen LogP contribution in [0.15, 0.2) is 77.4 Å². The number of hydrogen-bond acceptors (Lipinski definition) is 4. The molecule has 31 heavy (non-hydrogen) atoms. The van der Waals surface area contributed by atoms with Crippen molar-refractivity contribution in [1.29, 1.82) is 0 Å². The predicted octanol–water partition coefficient (Wildman–Crippen LogP) is 5.69. The maximum absolute atomic E-state index is 13.5. The minimum absolute atomic E-state index is 0.0489. The molecule has 0 fully saturated rings. The molecule has 1 aliphatic heterocycles. The molecule has 0 saturated heterocycles. The van der Waals surface area contributed by atoms with Crippen LogP contribution < -0.4 is 4.90 Å². The molecule has 1 N–H and O–H groups in total. The first-order valence-corrected chi connectivity index (χ1v) is 9.84. The minimum Gasteiger partial charge on any atom is -0.503 e. The van der Waals surface area contributed by atoms with Crippen LogP contribution in [0.1, 0.15) is 26.8 Å². The third kappa shape index (κ3) is 3.72. The lowest BCUT2D eigenvalue weighted by molar-refractivity contribution is -0.137. The number of aliphatic hydroxyl groups excluding tert-OH is 1. The Morgan fingerprint density at radius 3 is 2.19 bits per heavy atom. The molecule has 4 nitrogen and oxygen atoms in total. The number of carbonyl (C=O) groups is 2. The number of amides is 1. The summed E-state index contributed by atoms with van der Waals surface area (Å²) in [6.45, 7) is 0. The van der Waals surface area contributed by atoms with Gasteiger partial charge >= 0.3 is 6.18 Å². The summed E-state index contributed by atoms with van der Waals surface area (Å²) in [6.07, 6.45) is -4.56. The van der Waals surface area contributed by atoms with E-state index in [1.807, 2.05) is 0 Å². The SMILES string of the molecule is O=C(C1=C(O)C(=O)N(c2ccc(C(F)(F)F)cc2)C1c1ccc(F)cc1)c1cccs1. The van der Waals surface area contributed by atoms with E-state index in [0.717, 1.165) is 52.6 Å². The summed E-state index contributed by atoms with van der Waals surface area (Å²) in [5, 5.41) is 12.2. The number of nitrogens with zero attached hydrogens (tertiary/aromatic N) is 1. The van der Waals surface area contributed by atoms with E-state index in [9.17, 15) is 32.3 Å². The minimum atomic E-state index is -4.56. The first-order chi connectivity index (χ1) is 14.7. The van der Waals surface area contributed by atoms with Gasteiger partial charge in [-0.25, -0.2) is 4.39 Å². The van der Waals surface area contributed by atoms with Crippen molar-refractivity contribution >= 4 is 28.7 Å². The molecule has 1 unspecified atom stereocenters. The average molecular weight is 447 g/mol.